The molecule has 9 rings (SSSR count). The fourth-order valence-electron chi connectivity index (χ4n) is 9.18. The van der Waals surface area contributed by atoms with Crippen molar-refractivity contribution >= 4 is 22.5 Å². The SMILES string of the molecule is O=C(NCC12CC3CC(CC(C3)C1)C2)c1ccc(N2CCN(Cc3ccc(-c4cncc(O)c4)c4ccccc34)CC2)nn1. The minimum Gasteiger partial charge on any atom is -0.506 e. The minimum absolute atomic E-state index is 0.0943. The number of hydrogen-bond acceptors (Lipinski definition) is 7. The highest BCUT2D eigenvalue weighted by Crippen LogP contribution is 2.59. The summed E-state index contributed by atoms with van der Waals surface area (Å²) in [4.78, 5) is 21.9. The van der Waals surface area contributed by atoms with Crippen LogP contribution < -0.4 is 10.2 Å². The van der Waals surface area contributed by atoms with Crippen molar-refractivity contribution < 1.29 is 9.90 Å². The summed E-state index contributed by atoms with van der Waals surface area (Å²) in [6, 6.07) is 18.3. The van der Waals surface area contributed by atoms with Crippen LogP contribution in [0.1, 0.15) is 54.6 Å². The molecule has 0 spiro atoms. The molecule has 1 amide bonds. The van der Waals surface area contributed by atoms with Crippen LogP contribution >= 0.6 is 0 Å². The van der Waals surface area contributed by atoms with E-state index in [9.17, 15) is 9.90 Å². The second-order valence-corrected chi connectivity index (χ2v) is 13.9. The molecule has 4 bridgehead atoms. The zero-order valence-electron chi connectivity index (χ0n) is 25.2. The molecule has 1 aliphatic heterocycles. The van der Waals surface area contributed by atoms with Gasteiger partial charge in [-0.1, -0.05) is 36.4 Å². The zero-order chi connectivity index (χ0) is 29.7. The maximum Gasteiger partial charge on any atom is 0.271 e. The van der Waals surface area contributed by atoms with Crippen LogP contribution in [0.5, 0.6) is 5.75 Å². The lowest BCUT2D eigenvalue weighted by atomic mass is 9.49. The summed E-state index contributed by atoms with van der Waals surface area (Å²) in [7, 11) is 0. The third-order valence-electron chi connectivity index (χ3n) is 10.8. The number of carbonyl (C=O) groups excluding carboxylic acids is 1. The molecule has 44 heavy (non-hydrogen) atoms. The van der Waals surface area contributed by atoms with Crippen LogP contribution in [0.25, 0.3) is 21.9 Å². The highest BCUT2D eigenvalue weighted by Gasteiger charge is 2.50. The Bertz CT molecular complexity index is 1640. The van der Waals surface area contributed by atoms with Crippen molar-refractivity contribution in [1.82, 2.24) is 25.4 Å². The van der Waals surface area contributed by atoms with Crippen LogP contribution in [0.15, 0.2) is 67.0 Å². The predicted octanol–water partition coefficient (Wildman–Crippen LogP) is 5.67. The molecule has 226 valence electrons. The van der Waals surface area contributed by atoms with Gasteiger partial charge >= 0.3 is 0 Å². The summed E-state index contributed by atoms with van der Waals surface area (Å²) in [5, 5.41) is 24.4. The molecule has 4 aromatic rings. The first-order valence-electron chi connectivity index (χ1n) is 16.2. The Morgan fingerprint density at radius 1 is 0.864 bits per heavy atom. The number of nitrogens with zero attached hydrogens (tertiary/aromatic N) is 5. The minimum atomic E-state index is -0.0943. The summed E-state index contributed by atoms with van der Waals surface area (Å²) in [5.74, 6) is 3.55. The standard InChI is InChI=1S/C36H40N6O2/c43-29-16-28(20-37-21-29)31-6-5-27(30-3-1-2-4-32(30)31)22-41-9-11-42(12-10-41)34-8-7-33(39-40-34)35(44)38-23-36-17-24-13-25(18-36)15-26(14-24)19-36/h1-8,16,20-21,24-26,43H,9-15,17-19,22-23H2,(H,38,44). The van der Waals surface area contributed by atoms with Gasteiger partial charge in [-0.25, -0.2) is 0 Å². The third-order valence-corrected chi connectivity index (χ3v) is 10.8. The van der Waals surface area contributed by atoms with Gasteiger partial charge in [0.25, 0.3) is 5.91 Å². The molecule has 8 heteroatoms. The van der Waals surface area contributed by atoms with Gasteiger partial charge in [0.15, 0.2) is 11.5 Å². The van der Waals surface area contributed by atoms with Crippen LogP contribution in [-0.2, 0) is 6.54 Å². The molecular formula is C36H40N6O2. The van der Waals surface area contributed by atoms with E-state index in [2.05, 4.69) is 66.7 Å². The van der Waals surface area contributed by atoms with E-state index in [4.69, 9.17) is 0 Å². The lowest BCUT2D eigenvalue weighted by molar-refractivity contribution is -0.0503. The van der Waals surface area contributed by atoms with E-state index >= 15 is 0 Å². The molecule has 4 aliphatic carbocycles. The average molecular weight is 589 g/mol. The van der Waals surface area contributed by atoms with Crippen LogP contribution in [0, 0.1) is 23.2 Å². The average Bonchev–Trinajstić information content (AvgIpc) is 3.04. The lowest BCUT2D eigenvalue weighted by Gasteiger charge is -2.56. The Morgan fingerprint density at radius 3 is 2.27 bits per heavy atom. The van der Waals surface area contributed by atoms with Crippen molar-refractivity contribution in [1.29, 1.82) is 0 Å². The first-order chi connectivity index (χ1) is 21.5. The van der Waals surface area contributed by atoms with Crippen molar-refractivity contribution in [2.75, 3.05) is 37.6 Å². The Hall–Kier alpha value is -4.04. The third kappa shape index (κ3) is 5.30. The molecule has 2 aromatic heterocycles. The van der Waals surface area contributed by atoms with Crippen molar-refractivity contribution in [3.05, 3.63) is 78.2 Å². The maximum absolute atomic E-state index is 13.0. The summed E-state index contributed by atoms with van der Waals surface area (Å²) < 4.78 is 0. The smallest absolute Gasteiger partial charge is 0.271 e. The van der Waals surface area contributed by atoms with Crippen LogP contribution in [0.3, 0.4) is 0 Å². The molecule has 2 N–H and O–H groups in total. The molecule has 0 unspecified atom stereocenters. The van der Waals surface area contributed by atoms with E-state index in [1.54, 1.807) is 12.3 Å². The number of amides is 1. The van der Waals surface area contributed by atoms with Gasteiger partial charge < -0.3 is 15.3 Å². The Morgan fingerprint density at radius 2 is 1.59 bits per heavy atom. The summed E-state index contributed by atoms with van der Waals surface area (Å²) in [6.45, 7) is 5.20. The number of benzene rings is 2. The number of nitrogens with one attached hydrogen (secondary N) is 1. The van der Waals surface area contributed by atoms with E-state index in [-0.39, 0.29) is 11.7 Å². The molecule has 1 saturated heterocycles. The second-order valence-electron chi connectivity index (χ2n) is 13.9. The number of aromatic hydroxyl groups is 1. The molecule has 2 aromatic carbocycles. The molecule has 5 fully saturated rings. The number of rotatable bonds is 7. The van der Waals surface area contributed by atoms with E-state index in [1.807, 2.05) is 12.1 Å². The molecule has 8 nitrogen and oxygen atoms in total. The number of aromatic nitrogens is 3. The topological polar surface area (TPSA) is 94.5 Å². The van der Waals surface area contributed by atoms with Gasteiger partial charge in [0.05, 0.1) is 6.20 Å². The Balaban J connectivity index is 0.879. The quantitative estimate of drug-likeness (QED) is 0.288. The number of fused-ring (bicyclic) bond motifs is 1. The fourth-order valence-corrected chi connectivity index (χ4v) is 9.18. The number of carbonyl (C=O) groups is 1. The maximum atomic E-state index is 13.0. The second kappa shape index (κ2) is 11.1. The molecule has 3 heterocycles. The first kappa shape index (κ1) is 27.5. The predicted molar refractivity (Wildman–Crippen MR) is 171 cm³/mol. The summed E-state index contributed by atoms with van der Waals surface area (Å²) >= 11 is 0. The monoisotopic (exact) mass is 588 g/mol. The van der Waals surface area contributed by atoms with E-state index < -0.39 is 0 Å². The Kier molecular flexibility index (Phi) is 6.97. The van der Waals surface area contributed by atoms with Crippen molar-refractivity contribution in [2.24, 2.45) is 23.2 Å². The van der Waals surface area contributed by atoms with Gasteiger partial charge in [0, 0.05) is 51.0 Å². The van der Waals surface area contributed by atoms with Gasteiger partial charge in [0.2, 0.25) is 0 Å². The summed E-state index contributed by atoms with van der Waals surface area (Å²) in [6.07, 6.45) is 11.4. The zero-order valence-corrected chi connectivity index (χ0v) is 25.2. The van der Waals surface area contributed by atoms with Gasteiger partial charge in [-0.15, -0.1) is 10.2 Å². The van der Waals surface area contributed by atoms with Crippen molar-refractivity contribution in [2.45, 2.75) is 45.1 Å². The van der Waals surface area contributed by atoms with E-state index in [1.165, 1.54) is 55.7 Å². The molecule has 5 aliphatic rings. The van der Waals surface area contributed by atoms with Gasteiger partial charge in [-0.3, -0.25) is 14.7 Å². The van der Waals surface area contributed by atoms with Gasteiger partial charge in [-0.2, -0.15) is 0 Å². The number of pyridine rings is 1. The number of hydrogen-bond donors (Lipinski definition) is 2. The van der Waals surface area contributed by atoms with Crippen molar-refractivity contribution in [3.63, 3.8) is 0 Å². The highest BCUT2D eigenvalue weighted by molar-refractivity contribution is 5.98. The summed E-state index contributed by atoms with van der Waals surface area (Å²) in [5.41, 5.74) is 3.99. The van der Waals surface area contributed by atoms with Gasteiger partial charge in [0.1, 0.15) is 5.75 Å². The normalized spacial score (nSPS) is 26.3. The fraction of sp³-hybridized carbons (Fsp3) is 0.444. The van der Waals surface area contributed by atoms with Crippen LogP contribution in [-0.4, -0.2) is 63.8 Å². The number of piperazine rings is 1. The molecule has 0 radical (unpaired) electrons. The Labute approximate surface area is 258 Å². The van der Waals surface area contributed by atoms with Crippen LogP contribution in [0.2, 0.25) is 0 Å². The van der Waals surface area contributed by atoms with Crippen molar-refractivity contribution in [3.8, 4) is 16.9 Å². The molecule has 4 saturated carbocycles. The molecular weight excluding hydrogens is 548 g/mol. The van der Waals surface area contributed by atoms with E-state index in [0.717, 1.165) is 79.4 Å². The number of anilines is 1. The van der Waals surface area contributed by atoms with Crippen LogP contribution in [0.4, 0.5) is 5.82 Å². The van der Waals surface area contributed by atoms with E-state index in [0.29, 0.717) is 11.1 Å². The largest absolute Gasteiger partial charge is 0.506 e. The van der Waals surface area contributed by atoms with Gasteiger partial charge in [-0.05, 0) is 102 Å². The lowest BCUT2D eigenvalue weighted by Crippen LogP contribution is -2.51. The first-order valence-corrected chi connectivity index (χ1v) is 16.2. The highest BCUT2D eigenvalue weighted by atomic mass is 16.3. The molecule has 0 atom stereocenters.